The highest BCUT2D eigenvalue weighted by Gasteiger charge is 2.34. The molecule has 164 valence electrons. The fourth-order valence-corrected chi connectivity index (χ4v) is 3.65. The van der Waals surface area contributed by atoms with Crippen molar-refractivity contribution in [2.45, 2.75) is 39.5 Å². The number of ether oxygens (including phenoxy) is 1. The zero-order chi connectivity index (χ0) is 21.6. The zero-order valence-corrected chi connectivity index (χ0v) is 18.0. The van der Waals surface area contributed by atoms with E-state index in [4.69, 9.17) is 9.84 Å². The number of hydrogen-bond donors (Lipinski definition) is 6. The predicted molar refractivity (Wildman–Crippen MR) is 109 cm³/mol. The highest BCUT2D eigenvalue weighted by atomic mass is 33.1. The van der Waals surface area contributed by atoms with Gasteiger partial charge in [-0.25, -0.2) is 4.79 Å². The van der Waals surface area contributed by atoms with Gasteiger partial charge >= 0.3 is 12.1 Å². The van der Waals surface area contributed by atoms with Crippen LogP contribution in [0, 0.1) is 5.41 Å². The molecule has 10 nitrogen and oxygen atoms in total. The molecule has 0 heterocycles. The van der Waals surface area contributed by atoms with Crippen molar-refractivity contribution >= 4 is 39.6 Å². The summed E-state index contributed by atoms with van der Waals surface area (Å²) in [6.45, 7) is 5.57. The number of hydrogen-bond acceptors (Lipinski definition) is 9. The molecule has 28 heavy (non-hydrogen) atoms. The first-order valence-electron chi connectivity index (χ1n) is 8.77. The maximum Gasteiger partial charge on any atom is 0.407 e. The van der Waals surface area contributed by atoms with E-state index in [1.165, 1.54) is 6.92 Å². The quantitative estimate of drug-likeness (QED) is 0.116. The van der Waals surface area contributed by atoms with Crippen LogP contribution in [-0.4, -0.2) is 83.4 Å². The smallest absolute Gasteiger partial charge is 0.407 e. The first-order chi connectivity index (χ1) is 13.1. The van der Waals surface area contributed by atoms with Gasteiger partial charge in [0.2, 0.25) is 5.91 Å². The summed E-state index contributed by atoms with van der Waals surface area (Å²) in [5, 5.41) is 36.4. The van der Waals surface area contributed by atoms with Crippen LogP contribution in [0.1, 0.15) is 27.2 Å². The van der Waals surface area contributed by atoms with E-state index >= 15 is 0 Å². The monoisotopic (exact) mass is 441 g/mol. The fourth-order valence-electron chi connectivity index (χ4n) is 1.84. The Morgan fingerprint density at radius 1 is 1.04 bits per heavy atom. The summed E-state index contributed by atoms with van der Waals surface area (Å²) in [6, 6.07) is 0. The van der Waals surface area contributed by atoms with Gasteiger partial charge in [-0.05, 0) is 0 Å². The standard InChI is InChI=1S/C16H31N3O7S2/c1-11(20)17-6-8-27-28-9-7-19-15(25)26-10-16(2,3)13(23)14(24)18-5-4-12(21)22/h13-14,18,23-24H,4-10H2,1-3H3,(H,17,20)(H,19,25)(H,21,22)/t13-,14?/m0/s1. The summed E-state index contributed by atoms with van der Waals surface area (Å²) in [6.07, 6.45) is -3.42. The van der Waals surface area contributed by atoms with Gasteiger partial charge in [-0.2, -0.15) is 0 Å². The van der Waals surface area contributed by atoms with E-state index in [1.807, 2.05) is 0 Å². The Morgan fingerprint density at radius 3 is 2.14 bits per heavy atom. The number of amides is 2. The molecule has 2 atom stereocenters. The number of aliphatic hydroxyl groups is 2. The molecule has 1 unspecified atom stereocenters. The Balaban J connectivity index is 3.92. The van der Waals surface area contributed by atoms with Gasteiger partial charge in [0.15, 0.2) is 0 Å². The highest BCUT2D eigenvalue weighted by Crippen LogP contribution is 2.23. The van der Waals surface area contributed by atoms with E-state index < -0.39 is 29.8 Å². The van der Waals surface area contributed by atoms with Crippen molar-refractivity contribution in [3.63, 3.8) is 0 Å². The molecule has 0 aliphatic carbocycles. The highest BCUT2D eigenvalue weighted by molar-refractivity contribution is 8.76. The molecule has 2 amide bonds. The molecule has 0 aromatic heterocycles. The lowest BCUT2D eigenvalue weighted by molar-refractivity contribution is -0.137. The Kier molecular flexibility index (Phi) is 14.1. The van der Waals surface area contributed by atoms with Crippen molar-refractivity contribution in [3.8, 4) is 0 Å². The summed E-state index contributed by atoms with van der Waals surface area (Å²) in [7, 11) is 3.15. The Bertz CT molecular complexity index is 495. The third-order valence-corrected chi connectivity index (χ3v) is 5.87. The van der Waals surface area contributed by atoms with Gasteiger partial charge in [0.05, 0.1) is 6.42 Å². The van der Waals surface area contributed by atoms with Crippen LogP contribution >= 0.6 is 21.6 Å². The molecule has 0 saturated heterocycles. The minimum absolute atomic E-state index is 0.00543. The molecule has 0 fully saturated rings. The molecule has 0 aliphatic heterocycles. The summed E-state index contributed by atoms with van der Waals surface area (Å²) >= 11 is 0. The van der Waals surface area contributed by atoms with Crippen LogP contribution in [0.3, 0.4) is 0 Å². The number of aliphatic hydroxyl groups excluding tert-OH is 2. The molecule has 0 aromatic carbocycles. The molecule has 0 saturated carbocycles. The second kappa shape index (κ2) is 14.7. The van der Waals surface area contributed by atoms with E-state index in [-0.39, 0.29) is 25.5 Å². The van der Waals surface area contributed by atoms with Crippen LogP contribution < -0.4 is 16.0 Å². The third kappa shape index (κ3) is 13.9. The summed E-state index contributed by atoms with van der Waals surface area (Å²) < 4.78 is 5.09. The zero-order valence-electron chi connectivity index (χ0n) is 16.4. The number of carbonyl (C=O) groups excluding carboxylic acids is 2. The van der Waals surface area contributed by atoms with Crippen molar-refractivity contribution in [2.75, 3.05) is 37.7 Å². The van der Waals surface area contributed by atoms with E-state index in [0.717, 1.165) is 5.75 Å². The van der Waals surface area contributed by atoms with E-state index in [2.05, 4.69) is 16.0 Å². The lowest BCUT2D eigenvalue weighted by Gasteiger charge is -2.33. The first-order valence-corrected chi connectivity index (χ1v) is 11.3. The van der Waals surface area contributed by atoms with Crippen LogP contribution in [0.15, 0.2) is 0 Å². The molecule has 0 rings (SSSR count). The number of nitrogens with one attached hydrogen (secondary N) is 3. The molecule has 0 bridgehead atoms. The fraction of sp³-hybridized carbons (Fsp3) is 0.812. The van der Waals surface area contributed by atoms with Crippen molar-refractivity contribution in [1.82, 2.24) is 16.0 Å². The van der Waals surface area contributed by atoms with Gasteiger partial charge in [0.1, 0.15) is 18.9 Å². The lowest BCUT2D eigenvalue weighted by atomic mass is 9.86. The minimum atomic E-state index is -1.34. The second-order valence-corrected chi connectivity index (χ2v) is 9.31. The van der Waals surface area contributed by atoms with Crippen LogP contribution in [0.4, 0.5) is 4.79 Å². The molecule has 0 spiro atoms. The van der Waals surface area contributed by atoms with Gasteiger partial charge in [-0.15, -0.1) is 0 Å². The minimum Gasteiger partial charge on any atom is -0.481 e. The number of carboxylic acids is 1. The SMILES string of the molecule is CC(=O)NCCSSCCNC(=O)OCC(C)(C)[C@@H](O)C(O)NCCC(=O)O. The number of carboxylic acid groups (broad SMARTS) is 1. The molecule has 6 N–H and O–H groups in total. The van der Waals surface area contributed by atoms with Crippen molar-refractivity contribution in [1.29, 1.82) is 0 Å². The third-order valence-electron chi connectivity index (χ3n) is 3.46. The summed E-state index contributed by atoms with van der Waals surface area (Å²) in [5.74, 6) is 0.353. The summed E-state index contributed by atoms with van der Waals surface area (Å²) in [5.41, 5.74) is -0.943. The number of aliphatic carboxylic acids is 1. The number of alkyl carbamates (subject to hydrolysis) is 1. The number of carbonyl (C=O) groups is 3. The largest absolute Gasteiger partial charge is 0.481 e. The van der Waals surface area contributed by atoms with E-state index in [9.17, 15) is 24.6 Å². The van der Waals surface area contributed by atoms with Crippen molar-refractivity contribution in [3.05, 3.63) is 0 Å². The molecule has 0 aliphatic rings. The second-order valence-electron chi connectivity index (χ2n) is 6.61. The Hall–Kier alpha value is -1.21. The van der Waals surface area contributed by atoms with Crippen LogP contribution in [0.25, 0.3) is 0 Å². The van der Waals surface area contributed by atoms with Gasteiger partial charge in [-0.1, -0.05) is 35.4 Å². The Morgan fingerprint density at radius 2 is 1.61 bits per heavy atom. The van der Waals surface area contributed by atoms with E-state index in [0.29, 0.717) is 18.8 Å². The van der Waals surface area contributed by atoms with Crippen molar-refractivity contribution in [2.24, 2.45) is 5.41 Å². The maximum atomic E-state index is 11.7. The van der Waals surface area contributed by atoms with Gasteiger partial charge in [0.25, 0.3) is 0 Å². The number of rotatable bonds is 15. The molecule has 12 heteroatoms. The lowest BCUT2D eigenvalue weighted by Crippen LogP contribution is -2.50. The van der Waals surface area contributed by atoms with Crippen LogP contribution in [0.2, 0.25) is 0 Å². The first kappa shape index (κ1) is 26.8. The molecular formula is C16H31N3O7S2. The Labute approximate surface area is 172 Å². The van der Waals surface area contributed by atoms with E-state index in [1.54, 1.807) is 35.4 Å². The van der Waals surface area contributed by atoms with Gasteiger partial charge in [0, 0.05) is 43.5 Å². The van der Waals surface area contributed by atoms with Gasteiger partial charge < -0.3 is 30.7 Å². The molecule has 0 aromatic rings. The maximum absolute atomic E-state index is 11.7. The average Bonchev–Trinajstić information content (AvgIpc) is 2.60. The topological polar surface area (TPSA) is 157 Å². The normalized spacial score (nSPS) is 13.5. The predicted octanol–water partition coefficient (Wildman–Crippen LogP) is -0.0001000. The van der Waals surface area contributed by atoms with Crippen LogP contribution in [0.5, 0.6) is 0 Å². The van der Waals surface area contributed by atoms with Crippen LogP contribution in [-0.2, 0) is 14.3 Å². The van der Waals surface area contributed by atoms with Gasteiger partial charge in [-0.3, -0.25) is 14.9 Å². The summed E-state index contributed by atoms with van der Waals surface area (Å²) in [4.78, 5) is 32.9. The van der Waals surface area contributed by atoms with Crippen molar-refractivity contribution < 1.29 is 34.4 Å². The molecular weight excluding hydrogens is 410 g/mol. The average molecular weight is 442 g/mol. The molecule has 0 radical (unpaired) electrons.